The molecule has 1 fully saturated rings. The molecule has 7 heteroatoms. The van der Waals surface area contributed by atoms with E-state index in [2.05, 4.69) is 48.1 Å². The van der Waals surface area contributed by atoms with E-state index in [0.29, 0.717) is 11.6 Å². The van der Waals surface area contributed by atoms with Crippen LogP contribution in [0, 0.1) is 6.92 Å². The molecular formula is C17H20BrN5O. The van der Waals surface area contributed by atoms with Gasteiger partial charge in [0, 0.05) is 42.0 Å². The van der Waals surface area contributed by atoms with E-state index in [0.717, 1.165) is 42.0 Å². The lowest BCUT2D eigenvalue weighted by atomic mass is 10.3. The van der Waals surface area contributed by atoms with Gasteiger partial charge in [-0.15, -0.1) is 0 Å². The molecule has 1 N–H and O–H groups in total. The van der Waals surface area contributed by atoms with E-state index in [-0.39, 0.29) is 5.91 Å². The maximum absolute atomic E-state index is 12.5. The van der Waals surface area contributed by atoms with Crippen LogP contribution in [-0.2, 0) is 0 Å². The molecule has 3 rings (SSSR count). The monoisotopic (exact) mass is 389 g/mol. The zero-order chi connectivity index (χ0) is 17.1. The van der Waals surface area contributed by atoms with Crippen molar-refractivity contribution < 1.29 is 4.79 Å². The third kappa shape index (κ3) is 4.10. The molecule has 24 heavy (non-hydrogen) atoms. The van der Waals surface area contributed by atoms with Crippen molar-refractivity contribution in [2.75, 3.05) is 43.4 Å². The zero-order valence-electron chi connectivity index (χ0n) is 13.8. The molecule has 1 aliphatic heterocycles. The standard InChI is InChI=1S/C17H20BrN5O/c1-12-11-15(16(24)20-14-5-3-13(18)4-6-14)21-17(19-12)23-9-7-22(2)8-10-23/h3-6,11H,7-10H2,1-2H3,(H,20,24). The highest BCUT2D eigenvalue weighted by molar-refractivity contribution is 9.10. The molecule has 0 aliphatic carbocycles. The molecule has 0 radical (unpaired) electrons. The topological polar surface area (TPSA) is 61.4 Å². The number of amides is 1. The van der Waals surface area contributed by atoms with Gasteiger partial charge in [-0.05, 0) is 44.3 Å². The summed E-state index contributed by atoms with van der Waals surface area (Å²) in [5.74, 6) is 0.405. The molecule has 126 valence electrons. The first-order chi connectivity index (χ1) is 11.5. The summed E-state index contributed by atoms with van der Waals surface area (Å²) in [4.78, 5) is 25.9. The molecule has 1 aliphatic rings. The number of nitrogens with one attached hydrogen (secondary N) is 1. The van der Waals surface area contributed by atoms with Crippen molar-refractivity contribution in [2.24, 2.45) is 0 Å². The van der Waals surface area contributed by atoms with E-state index in [4.69, 9.17) is 0 Å². The fourth-order valence-electron chi connectivity index (χ4n) is 2.55. The number of aryl methyl sites for hydroxylation is 1. The van der Waals surface area contributed by atoms with Crippen LogP contribution in [0.25, 0.3) is 0 Å². The van der Waals surface area contributed by atoms with Gasteiger partial charge in [0.2, 0.25) is 5.95 Å². The Bertz CT molecular complexity index is 726. The summed E-state index contributed by atoms with van der Waals surface area (Å²) >= 11 is 3.38. The molecule has 2 heterocycles. The van der Waals surface area contributed by atoms with Crippen LogP contribution < -0.4 is 10.2 Å². The molecule has 0 unspecified atom stereocenters. The normalized spacial score (nSPS) is 15.4. The Morgan fingerprint density at radius 1 is 1.12 bits per heavy atom. The zero-order valence-corrected chi connectivity index (χ0v) is 15.4. The number of nitrogens with zero attached hydrogens (tertiary/aromatic N) is 4. The van der Waals surface area contributed by atoms with Crippen molar-refractivity contribution in [1.29, 1.82) is 0 Å². The van der Waals surface area contributed by atoms with E-state index in [1.54, 1.807) is 6.07 Å². The number of rotatable bonds is 3. The first kappa shape index (κ1) is 16.9. The summed E-state index contributed by atoms with van der Waals surface area (Å²) < 4.78 is 0.968. The summed E-state index contributed by atoms with van der Waals surface area (Å²) in [5, 5.41) is 2.87. The predicted molar refractivity (Wildman–Crippen MR) is 98.6 cm³/mol. The van der Waals surface area contributed by atoms with Gasteiger partial charge in [-0.1, -0.05) is 15.9 Å². The third-order valence-electron chi connectivity index (χ3n) is 3.96. The molecule has 1 saturated heterocycles. The Kier molecular flexibility index (Phi) is 5.11. The van der Waals surface area contributed by atoms with Crippen LogP contribution in [0.5, 0.6) is 0 Å². The van der Waals surface area contributed by atoms with Crippen LogP contribution in [-0.4, -0.2) is 54.0 Å². The number of hydrogen-bond donors (Lipinski definition) is 1. The lowest BCUT2D eigenvalue weighted by Crippen LogP contribution is -2.45. The molecule has 0 spiro atoms. The Morgan fingerprint density at radius 3 is 2.46 bits per heavy atom. The van der Waals surface area contributed by atoms with Gasteiger partial charge in [-0.2, -0.15) is 0 Å². The Balaban J connectivity index is 1.77. The van der Waals surface area contributed by atoms with E-state index in [1.807, 2.05) is 31.2 Å². The molecular weight excluding hydrogens is 370 g/mol. The number of carbonyl (C=O) groups excluding carboxylic acids is 1. The van der Waals surface area contributed by atoms with Gasteiger partial charge in [0.1, 0.15) is 5.69 Å². The van der Waals surface area contributed by atoms with Crippen LogP contribution >= 0.6 is 15.9 Å². The minimum absolute atomic E-state index is 0.224. The quantitative estimate of drug-likeness (QED) is 0.873. The number of hydrogen-bond acceptors (Lipinski definition) is 5. The summed E-state index contributed by atoms with van der Waals surface area (Å²) in [6.45, 7) is 5.56. The van der Waals surface area contributed by atoms with Gasteiger partial charge in [-0.3, -0.25) is 4.79 Å². The van der Waals surface area contributed by atoms with Gasteiger partial charge >= 0.3 is 0 Å². The Hall–Kier alpha value is -1.99. The van der Waals surface area contributed by atoms with E-state index < -0.39 is 0 Å². The van der Waals surface area contributed by atoms with Gasteiger partial charge in [0.05, 0.1) is 0 Å². The molecule has 1 aromatic heterocycles. The van der Waals surface area contributed by atoms with Crippen LogP contribution in [0.15, 0.2) is 34.8 Å². The lowest BCUT2D eigenvalue weighted by molar-refractivity contribution is 0.102. The number of piperazine rings is 1. The molecule has 1 amide bonds. The predicted octanol–water partition coefficient (Wildman–Crippen LogP) is 2.55. The highest BCUT2D eigenvalue weighted by Gasteiger charge is 2.19. The fraction of sp³-hybridized carbons (Fsp3) is 0.353. The molecule has 0 atom stereocenters. The van der Waals surface area contributed by atoms with E-state index in [1.165, 1.54) is 0 Å². The molecule has 1 aromatic carbocycles. The maximum Gasteiger partial charge on any atom is 0.274 e. The summed E-state index contributed by atoms with van der Waals surface area (Å²) in [7, 11) is 2.10. The average Bonchev–Trinajstić information content (AvgIpc) is 2.57. The maximum atomic E-state index is 12.5. The Labute approximate surface area is 150 Å². The molecule has 0 bridgehead atoms. The van der Waals surface area contributed by atoms with Gasteiger partial charge in [0.15, 0.2) is 0 Å². The van der Waals surface area contributed by atoms with Gasteiger partial charge in [-0.25, -0.2) is 9.97 Å². The van der Waals surface area contributed by atoms with Crippen LogP contribution in [0.4, 0.5) is 11.6 Å². The second-order valence-electron chi connectivity index (χ2n) is 5.95. The number of benzene rings is 1. The molecule has 2 aromatic rings. The van der Waals surface area contributed by atoms with Crippen molar-refractivity contribution in [3.8, 4) is 0 Å². The fourth-order valence-corrected chi connectivity index (χ4v) is 2.81. The number of carbonyl (C=O) groups is 1. The first-order valence-electron chi connectivity index (χ1n) is 7.87. The minimum Gasteiger partial charge on any atom is -0.338 e. The summed E-state index contributed by atoms with van der Waals surface area (Å²) in [5.41, 5.74) is 1.92. The second kappa shape index (κ2) is 7.27. The number of anilines is 2. The minimum atomic E-state index is -0.224. The summed E-state index contributed by atoms with van der Waals surface area (Å²) in [6, 6.07) is 9.18. The largest absolute Gasteiger partial charge is 0.338 e. The van der Waals surface area contributed by atoms with Crippen molar-refractivity contribution in [2.45, 2.75) is 6.92 Å². The van der Waals surface area contributed by atoms with Crippen LogP contribution in [0.1, 0.15) is 16.2 Å². The van der Waals surface area contributed by atoms with Crippen molar-refractivity contribution in [3.05, 3.63) is 46.2 Å². The Morgan fingerprint density at radius 2 is 1.79 bits per heavy atom. The van der Waals surface area contributed by atoms with Crippen molar-refractivity contribution in [3.63, 3.8) is 0 Å². The SMILES string of the molecule is Cc1cc(C(=O)Nc2ccc(Br)cc2)nc(N2CCN(C)CC2)n1. The smallest absolute Gasteiger partial charge is 0.274 e. The number of halogens is 1. The lowest BCUT2D eigenvalue weighted by Gasteiger charge is -2.32. The number of aromatic nitrogens is 2. The average molecular weight is 390 g/mol. The third-order valence-corrected chi connectivity index (χ3v) is 4.49. The van der Waals surface area contributed by atoms with Crippen molar-refractivity contribution >= 4 is 33.5 Å². The number of likely N-dealkylation sites (N-methyl/N-ethyl adjacent to an activating group) is 1. The van der Waals surface area contributed by atoms with Gasteiger partial charge in [0.25, 0.3) is 5.91 Å². The second-order valence-corrected chi connectivity index (χ2v) is 6.86. The molecule has 0 saturated carbocycles. The molecule has 6 nitrogen and oxygen atoms in total. The van der Waals surface area contributed by atoms with Gasteiger partial charge < -0.3 is 15.1 Å². The van der Waals surface area contributed by atoms with Crippen molar-refractivity contribution in [1.82, 2.24) is 14.9 Å². The summed E-state index contributed by atoms with van der Waals surface area (Å²) in [6.07, 6.45) is 0. The highest BCUT2D eigenvalue weighted by atomic mass is 79.9. The van der Waals surface area contributed by atoms with Crippen LogP contribution in [0.2, 0.25) is 0 Å². The van der Waals surface area contributed by atoms with Crippen LogP contribution in [0.3, 0.4) is 0 Å². The van der Waals surface area contributed by atoms with E-state index >= 15 is 0 Å². The highest BCUT2D eigenvalue weighted by Crippen LogP contribution is 2.16. The first-order valence-corrected chi connectivity index (χ1v) is 8.66. The van der Waals surface area contributed by atoms with E-state index in [9.17, 15) is 4.79 Å².